The zero-order valence-corrected chi connectivity index (χ0v) is 55.6. The average Bonchev–Trinajstić information content (AvgIpc) is 3.65. The number of nitrogens with two attached hydrogens (primary N) is 1. The second-order valence-corrected chi connectivity index (χ2v) is 23.0. The lowest BCUT2D eigenvalue weighted by atomic mass is 10.0. The highest BCUT2D eigenvalue weighted by atomic mass is 31.2. The molecule has 488 valence electrons. The van der Waals surface area contributed by atoms with Crippen LogP contribution in [-0.2, 0) is 32.7 Å². The maximum Gasteiger partial charge on any atom is 0.472 e. The number of hydrogen-bond acceptors (Lipinski definition) is 8. The number of unbranched alkanes of at least 4 members (excludes halogenated alkanes) is 16. The van der Waals surface area contributed by atoms with Crippen LogP contribution in [0.3, 0.4) is 0 Å². The zero-order valence-electron chi connectivity index (χ0n) is 54.7. The van der Waals surface area contributed by atoms with Crippen molar-refractivity contribution >= 4 is 19.8 Å². The Morgan fingerprint density at radius 2 is 0.598 bits per heavy atom. The van der Waals surface area contributed by atoms with E-state index in [2.05, 4.69) is 208 Å². The van der Waals surface area contributed by atoms with Gasteiger partial charge in [0.15, 0.2) is 6.10 Å². The number of ether oxygens (including phenoxy) is 2. The lowest BCUT2D eigenvalue weighted by Gasteiger charge is -2.19. The number of phosphoric acid groups is 1. The molecular formula is C77H122NO8P. The first-order chi connectivity index (χ1) is 42.8. The van der Waals surface area contributed by atoms with Gasteiger partial charge in [-0.05, 0) is 141 Å². The van der Waals surface area contributed by atoms with Crippen LogP contribution in [0.2, 0.25) is 0 Å². The van der Waals surface area contributed by atoms with Crippen LogP contribution in [0.1, 0.15) is 245 Å². The van der Waals surface area contributed by atoms with E-state index in [1.165, 1.54) is 38.5 Å². The van der Waals surface area contributed by atoms with E-state index in [-0.39, 0.29) is 32.6 Å². The van der Waals surface area contributed by atoms with Gasteiger partial charge in [0.1, 0.15) is 6.61 Å². The minimum Gasteiger partial charge on any atom is -0.462 e. The summed E-state index contributed by atoms with van der Waals surface area (Å²) in [5, 5.41) is 0. The first kappa shape index (κ1) is 81.8. The number of rotatable bonds is 61. The molecule has 10 heteroatoms. The Hall–Kier alpha value is -5.15. The molecule has 0 radical (unpaired) electrons. The fraction of sp³-hybridized carbons (Fsp3) is 0.558. The minimum atomic E-state index is -4.41. The number of allylic oxidation sites excluding steroid dienone is 32. The molecule has 0 rings (SSSR count). The lowest BCUT2D eigenvalue weighted by molar-refractivity contribution is -0.161. The van der Waals surface area contributed by atoms with Crippen LogP contribution < -0.4 is 5.73 Å². The Morgan fingerprint density at radius 1 is 0.345 bits per heavy atom. The Kier molecular flexibility index (Phi) is 65.8. The lowest BCUT2D eigenvalue weighted by Crippen LogP contribution is -2.29. The van der Waals surface area contributed by atoms with E-state index in [4.69, 9.17) is 24.3 Å². The molecule has 2 atom stereocenters. The van der Waals surface area contributed by atoms with Gasteiger partial charge in [-0.2, -0.15) is 0 Å². The molecule has 3 N–H and O–H groups in total. The van der Waals surface area contributed by atoms with E-state index in [0.717, 1.165) is 167 Å². The van der Waals surface area contributed by atoms with Gasteiger partial charge in [0.05, 0.1) is 13.2 Å². The van der Waals surface area contributed by atoms with Crippen LogP contribution in [0.25, 0.3) is 0 Å². The summed E-state index contributed by atoms with van der Waals surface area (Å²) in [7, 11) is -4.41. The molecule has 0 spiro atoms. The third-order valence-corrected chi connectivity index (χ3v) is 14.5. The molecule has 0 aromatic rings. The van der Waals surface area contributed by atoms with Crippen molar-refractivity contribution in [1.82, 2.24) is 0 Å². The van der Waals surface area contributed by atoms with Gasteiger partial charge in [0.2, 0.25) is 0 Å². The molecule has 0 amide bonds. The predicted octanol–water partition coefficient (Wildman–Crippen LogP) is 22.5. The van der Waals surface area contributed by atoms with E-state index in [1.54, 1.807) is 0 Å². The topological polar surface area (TPSA) is 134 Å². The minimum absolute atomic E-state index is 0.0404. The smallest absolute Gasteiger partial charge is 0.462 e. The molecule has 0 aliphatic carbocycles. The van der Waals surface area contributed by atoms with E-state index in [9.17, 15) is 19.0 Å². The van der Waals surface area contributed by atoms with E-state index < -0.39 is 32.5 Å². The van der Waals surface area contributed by atoms with Gasteiger partial charge < -0.3 is 20.1 Å². The van der Waals surface area contributed by atoms with Crippen molar-refractivity contribution in [2.75, 3.05) is 26.4 Å². The largest absolute Gasteiger partial charge is 0.472 e. The fourth-order valence-corrected chi connectivity index (χ4v) is 9.31. The summed E-state index contributed by atoms with van der Waals surface area (Å²) < 4.78 is 33.1. The number of phosphoric ester groups is 1. The van der Waals surface area contributed by atoms with Crippen molar-refractivity contribution in [2.24, 2.45) is 5.73 Å². The molecule has 0 bridgehead atoms. The van der Waals surface area contributed by atoms with Crippen molar-refractivity contribution in [3.8, 4) is 0 Å². The Morgan fingerprint density at radius 3 is 0.885 bits per heavy atom. The molecule has 2 unspecified atom stereocenters. The second kappa shape index (κ2) is 69.9. The number of esters is 2. The number of hydrogen-bond donors (Lipinski definition) is 2. The third-order valence-electron chi connectivity index (χ3n) is 13.5. The highest BCUT2D eigenvalue weighted by molar-refractivity contribution is 7.47. The van der Waals surface area contributed by atoms with Gasteiger partial charge >= 0.3 is 19.8 Å². The molecule has 0 saturated carbocycles. The summed E-state index contributed by atoms with van der Waals surface area (Å²) in [6, 6.07) is 0. The van der Waals surface area contributed by atoms with Crippen molar-refractivity contribution in [1.29, 1.82) is 0 Å². The van der Waals surface area contributed by atoms with Crippen LogP contribution >= 0.6 is 7.82 Å². The van der Waals surface area contributed by atoms with Crippen LogP contribution in [-0.4, -0.2) is 49.3 Å². The van der Waals surface area contributed by atoms with E-state index in [1.807, 2.05) is 0 Å². The standard InChI is InChI=1S/C77H122NO8P/c1-3-5-7-9-11-13-15-17-19-21-23-25-27-29-30-31-32-33-34-35-36-37-38-39-40-41-42-43-44-46-48-50-52-54-56-58-60-62-64-66-68-70-77(80)86-75(74-85-87(81,82)84-72-71-78)73-83-76(79)69-67-65-63-61-59-57-55-53-51-49-47-45-28-26-24-22-20-18-16-14-12-10-8-6-4-2/h5-8,11-14,17-20,23-26,29-30,32-33,35-36,38-39,41-42,44-47,51,53,75H,3-4,9-10,15-16,21-22,27-28,31,34,37,40,43,48-50,52,54-74,78H2,1-2H3,(H,81,82)/b7-5-,8-6-,13-11-,14-12-,19-17-,20-18-,25-23-,26-24-,30-29-,33-32-,36-35-,39-38-,42-41-,46-44-,47-45-,53-51-. The monoisotopic (exact) mass is 1220 g/mol. The molecule has 0 heterocycles. The first-order valence-corrected chi connectivity index (χ1v) is 35.4. The molecular weight excluding hydrogens is 1100 g/mol. The van der Waals surface area contributed by atoms with Crippen molar-refractivity contribution in [3.05, 3.63) is 194 Å². The van der Waals surface area contributed by atoms with Crippen molar-refractivity contribution in [2.45, 2.75) is 251 Å². The summed E-state index contributed by atoms with van der Waals surface area (Å²) in [5.41, 5.74) is 5.39. The molecule has 0 aromatic carbocycles. The van der Waals surface area contributed by atoms with E-state index >= 15 is 0 Å². The summed E-state index contributed by atoms with van der Waals surface area (Å²) in [5.74, 6) is -0.862. The van der Waals surface area contributed by atoms with Crippen LogP contribution in [0, 0.1) is 0 Å². The Labute approximate surface area is 532 Å². The van der Waals surface area contributed by atoms with Gasteiger partial charge in [-0.15, -0.1) is 0 Å². The first-order valence-electron chi connectivity index (χ1n) is 33.9. The average molecular weight is 1220 g/mol. The number of carbonyl (C=O) groups excluding carboxylic acids is 2. The van der Waals surface area contributed by atoms with Crippen LogP contribution in [0.15, 0.2) is 194 Å². The highest BCUT2D eigenvalue weighted by Crippen LogP contribution is 2.43. The summed E-state index contributed by atoms with van der Waals surface area (Å²) in [6.45, 7) is 3.47. The normalized spacial score (nSPS) is 14.2. The molecule has 0 aliphatic rings. The zero-order chi connectivity index (χ0) is 63.0. The van der Waals surface area contributed by atoms with Crippen molar-refractivity contribution in [3.63, 3.8) is 0 Å². The van der Waals surface area contributed by atoms with E-state index in [0.29, 0.717) is 12.8 Å². The summed E-state index contributed by atoms with van der Waals surface area (Å²) >= 11 is 0. The second-order valence-electron chi connectivity index (χ2n) is 21.6. The predicted molar refractivity (Wildman–Crippen MR) is 375 cm³/mol. The van der Waals surface area contributed by atoms with Gasteiger partial charge in [0.25, 0.3) is 0 Å². The van der Waals surface area contributed by atoms with Crippen LogP contribution in [0.4, 0.5) is 0 Å². The quantitative estimate of drug-likeness (QED) is 0.0264. The van der Waals surface area contributed by atoms with Gasteiger partial charge in [-0.1, -0.05) is 285 Å². The Bertz CT molecular complexity index is 2130. The molecule has 0 fully saturated rings. The Balaban J connectivity index is 4.01. The third kappa shape index (κ3) is 69.8. The van der Waals surface area contributed by atoms with Gasteiger partial charge in [-0.3, -0.25) is 18.6 Å². The molecule has 9 nitrogen and oxygen atoms in total. The molecule has 0 aliphatic heterocycles. The fourth-order valence-electron chi connectivity index (χ4n) is 8.55. The summed E-state index contributed by atoms with van der Waals surface area (Å²) in [6.07, 6.45) is 106. The molecule has 0 aromatic heterocycles. The number of carbonyl (C=O) groups is 2. The highest BCUT2D eigenvalue weighted by Gasteiger charge is 2.26. The maximum atomic E-state index is 12.8. The van der Waals surface area contributed by atoms with Crippen LogP contribution in [0.5, 0.6) is 0 Å². The maximum absolute atomic E-state index is 12.8. The van der Waals surface area contributed by atoms with Gasteiger partial charge in [0, 0.05) is 19.4 Å². The molecule has 0 saturated heterocycles. The summed E-state index contributed by atoms with van der Waals surface area (Å²) in [4.78, 5) is 35.3. The SMILES string of the molecule is CC/C=C\C/C=C\C/C=C\C/C=C\C/C=C\C/C=C\C/C=C\C/C=C\C/C=C\C/C=C\CCCCCCCCCCCCC(=O)OC(COC(=O)CCCCCCCC/C=C\C/C=C\C/C=C\C/C=C\C/C=C\C/C=C\CC)COP(=O)(O)OCCN. The molecule has 87 heavy (non-hydrogen) atoms. The van der Waals surface area contributed by atoms with Crippen molar-refractivity contribution < 1.29 is 37.6 Å². The van der Waals surface area contributed by atoms with Gasteiger partial charge in [-0.25, -0.2) is 4.57 Å².